The Morgan fingerprint density at radius 1 is 1.31 bits per heavy atom. The first kappa shape index (κ1) is 12.7. The van der Waals surface area contributed by atoms with Crippen LogP contribution >= 0.6 is 0 Å². The smallest absolute Gasteiger partial charge is 0.0737 e. The molecule has 0 saturated carbocycles. The zero-order valence-electron chi connectivity index (χ0n) is 11.0. The van der Waals surface area contributed by atoms with E-state index in [-0.39, 0.29) is 5.41 Å². The summed E-state index contributed by atoms with van der Waals surface area (Å²) in [4.78, 5) is 4.51. The Morgan fingerprint density at radius 2 is 1.94 bits per heavy atom. The number of para-hydroxylation sites is 1. The number of hydrogen-bond acceptors (Lipinski definition) is 1. The summed E-state index contributed by atoms with van der Waals surface area (Å²) < 4.78 is 0. The minimum absolute atomic E-state index is 0.104. The molecule has 1 aromatic carbocycles. The third-order valence-electron chi connectivity index (χ3n) is 2.56. The first-order valence-corrected chi connectivity index (χ1v) is 5.66. The fourth-order valence-corrected chi connectivity index (χ4v) is 1.76. The van der Waals surface area contributed by atoms with Crippen molar-refractivity contribution in [2.24, 2.45) is 4.99 Å². The molecule has 0 amide bonds. The monoisotopic (exact) mass is 215 g/mol. The molecule has 1 rings (SSSR count). The van der Waals surface area contributed by atoms with Crippen molar-refractivity contribution in [1.82, 2.24) is 0 Å². The fraction of sp³-hybridized carbons (Fsp3) is 0.400. The van der Waals surface area contributed by atoms with Gasteiger partial charge in [0.1, 0.15) is 0 Å². The van der Waals surface area contributed by atoms with Crippen molar-refractivity contribution in [1.29, 1.82) is 0 Å². The molecule has 86 valence electrons. The molecule has 1 aromatic rings. The molecule has 1 heteroatoms. The molecule has 1 nitrogen and oxygen atoms in total. The first-order valence-electron chi connectivity index (χ1n) is 5.66. The van der Waals surface area contributed by atoms with Gasteiger partial charge in [-0.25, -0.2) is 0 Å². The van der Waals surface area contributed by atoms with E-state index in [0.717, 1.165) is 16.8 Å². The third kappa shape index (κ3) is 2.60. The summed E-state index contributed by atoms with van der Waals surface area (Å²) in [5.74, 6) is 0. The molecule has 0 aliphatic rings. The normalized spacial score (nSPS) is 12.1. The Hall–Kier alpha value is -1.37. The van der Waals surface area contributed by atoms with Crippen molar-refractivity contribution in [3.8, 4) is 0 Å². The third-order valence-corrected chi connectivity index (χ3v) is 2.56. The molecule has 0 bridgehead atoms. The lowest BCUT2D eigenvalue weighted by atomic mass is 9.84. The Labute approximate surface area is 98.9 Å². The van der Waals surface area contributed by atoms with Crippen molar-refractivity contribution in [3.63, 3.8) is 0 Å². The van der Waals surface area contributed by atoms with Crippen LogP contribution in [0, 0.1) is 0 Å². The van der Waals surface area contributed by atoms with Gasteiger partial charge in [0.05, 0.1) is 5.69 Å². The van der Waals surface area contributed by atoms with E-state index in [1.54, 1.807) is 0 Å². The van der Waals surface area contributed by atoms with Gasteiger partial charge in [-0.1, -0.05) is 45.5 Å². The van der Waals surface area contributed by atoms with E-state index >= 15 is 0 Å². The molecule has 0 saturated heterocycles. The van der Waals surface area contributed by atoms with Crippen LogP contribution in [0.5, 0.6) is 0 Å². The molecule has 0 aliphatic heterocycles. The summed E-state index contributed by atoms with van der Waals surface area (Å²) in [6, 6.07) is 6.31. The standard InChI is InChI=1S/C15H21N/c1-7-16-14-12(11(2)3)9-8-10-13(14)15(4,5)6/h7-10H,2H2,1,3-6H3/b16-7-. The van der Waals surface area contributed by atoms with Gasteiger partial charge in [0.2, 0.25) is 0 Å². The van der Waals surface area contributed by atoms with Crippen molar-refractivity contribution >= 4 is 17.5 Å². The minimum Gasteiger partial charge on any atom is -0.261 e. The van der Waals surface area contributed by atoms with Gasteiger partial charge in [0, 0.05) is 11.8 Å². The molecular formula is C15H21N. The van der Waals surface area contributed by atoms with Crippen molar-refractivity contribution in [2.45, 2.75) is 40.0 Å². The summed E-state index contributed by atoms with van der Waals surface area (Å²) in [5, 5.41) is 0. The number of aliphatic imine (C=N–C) groups is 1. The van der Waals surface area contributed by atoms with Gasteiger partial charge >= 0.3 is 0 Å². The summed E-state index contributed by atoms with van der Waals surface area (Å²) in [6.45, 7) is 14.6. The van der Waals surface area contributed by atoms with E-state index in [0.29, 0.717) is 0 Å². The summed E-state index contributed by atoms with van der Waals surface area (Å²) in [5.41, 5.74) is 4.64. The maximum atomic E-state index is 4.51. The van der Waals surface area contributed by atoms with Crippen molar-refractivity contribution in [2.75, 3.05) is 0 Å². The number of rotatable bonds is 2. The number of benzene rings is 1. The highest BCUT2D eigenvalue weighted by molar-refractivity contribution is 5.77. The van der Waals surface area contributed by atoms with Gasteiger partial charge < -0.3 is 0 Å². The molecule has 0 spiro atoms. The zero-order valence-corrected chi connectivity index (χ0v) is 11.0. The second-order valence-corrected chi connectivity index (χ2v) is 5.12. The van der Waals surface area contributed by atoms with E-state index in [2.05, 4.69) is 50.5 Å². The lowest BCUT2D eigenvalue weighted by Gasteiger charge is -2.23. The van der Waals surface area contributed by atoms with Crippen LogP contribution in [0.4, 0.5) is 5.69 Å². The van der Waals surface area contributed by atoms with E-state index < -0.39 is 0 Å². The highest BCUT2D eigenvalue weighted by Crippen LogP contribution is 2.36. The quantitative estimate of drug-likeness (QED) is 0.632. The molecule has 0 heterocycles. The maximum Gasteiger partial charge on any atom is 0.0737 e. The van der Waals surface area contributed by atoms with Crippen LogP contribution in [0.1, 0.15) is 45.7 Å². The van der Waals surface area contributed by atoms with Crippen LogP contribution in [0.15, 0.2) is 29.8 Å². The fourth-order valence-electron chi connectivity index (χ4n) is 1.76. The van der Waals surface area contributed by atoms with Gasteiger partial charge in [-0.15, -0.1) is 0 Å². The second kappa shape index (κ2) is 4.65. The van der Waals surface area contributed by atoms with Crippen LogP contribution < -0.4 is 0 Å². The molecule has 16 heavy (non-hydrogen) atoms. The SMILES string of the molecule is C=C(C)c1cccc(C(C)(C)C)c1/N=C\C. The van der Waals surface area contributed by atoms with Crippen molar-refractivity contribution in [3.05, 3.63) is 35.9 Å². The van der Waals surface area contributed by atoms with Gasteiger partial charge in [0.15, 0.2) is 0 Å². The van der Waals surface area contributed by atoms with E-state index in [9.17, 15) is 0 Å². The van der Waals surface area contributed by atoms with Gasteiger partial charge in [0.25, 0.3) is 0 Å². The maximum absolute atomic E-state index is 4.51. The van der Waals surface area contributed by atoms with E-state index in [1.165, 1.54) is 5.56 Å². The number of nitrogens with zero attached hydrogens (tertiary/aromatic N) is 1. The lowest BCUT2D eigenvalue weighted by Crippen LogP contribution is -2.11. The Balaban J connectivity index is 3.51. The highest BCUT2D eigenvalue weighted by atomic mass is 14.7. The van der Waals surface area contributed by atoms with E-state index in [1.807, 2.05) is 20.1 Å². The Morgan fingerprint density at radius 3 is 2.38 bits per heavy atom. The van der Waals surface area contributed by atoms with Gasteiger partial charge in [-0.2, -0.15) is 0 Å². The van der Waals surface area contributed by atoms with Crippen LogP contribution in [-0.2, 0) is 5.41 Å². The van der Waals surface area contributed by atoms with Crippen LogP contribution in [-0.4, -0.2) is 6.21 Å². The summed E-state index contributed by atoms with van der Waals surface area (Å²) in [7, 11) is 0. The Bertz CT molecular complexity index is 420. The topological polar surface area (TPSA) is 12.4 Å². The van der Waals surface area contributed by atoms with Crippen LogP contribution in [0.2, 0.25) is 0 Å². The zero-order chi connectivity index (χ0) is 12.3. The molecule has 0 aromatic heterocycles. The summed E-state index contributed by atoms with van der Waals surface area (Å²) in [6.07, 6.45) is 1.84. The van der Waals surface area contributed by atoms with Gasteiger partial charge in [-0.05, 0) is 30.4 Å². The molecule has 0 fully saturated rings. The van der Waals surface area contributed by atoms with Gasteiger partial charge in [-0.3, -0.25) is 4.99 Å². The minimum atomic E-state index is 0.104. The molecular weight excluding hydrogens is 194 g/mol. The molecule has 0 aliphatic carbocycles. The largest absolute Gasteiger partial charge is 0.261 e. The van der Waals surface area contributed by atoms with Crippen LogP contribution in [0.25, 0.3) is 5.57 Å². The average Bonchev–Trinajstić information content (AvgIpc) is 2.16. The van der Waals surface area contributed by atoms with E-state index in [4.69, 9.17) is 0 Å². The molecule has 0 N–H and O–H groups in total. The summed E-state index contributed by atoms with van der Waals surface area (Å²) >= 11 is 0. The average molecular weight is 215 g/mol. The number of hydrogen-bond donors (Lipinski definition) is 0. The highest BCUT2D eigenvalue weighted by Gasteiger charge is 2.19. The van der Waals surface area contributed by atoms with Crippen molar-refractivity contribution < 1.29 is 0 Å². The second-order valence-electron chi connectivity index (χ2n) is 5.12. The molecule has 0 radical (unpaired) electrons. The Kier molecular flexibility index (Phi) is 3.69. The predicted octanol–water partition coefficient (Wildman–Crippen LogP) is 4.74. The molecule has 0 atom stereocenters. The lowest BCUT2D eigenvalue weighted by molar-refractivity contribution is 0.591. The molecule has 0 unspecified atom stereocenters. The number of allylic oxidation sites excluding steroid dienone is 1. The first-order chi connectivity index (χ1) is 7.38. The van der Waals surface area contributed by atoms with Crippen LogP contribution in [0.3, 0.4) is 0 Å². The predicted molar refractivity (Wildman–Crippen MR) is 73.7 cm³/mol.